The van der Waals surface area contributed by atoms with Gasteiger partial charge in [0, 0.05) is 68.8 Å². The van der Waals surface area contributed by atoms with Gasteiger partial charge in [0.15, 0.2) is 5.82 Å². The number of carbonyl (C=O) groups is 1. The van der Waals surface area contributed by atoms with Crippen molar-refractivity contribution in [2.24, 2.45) is 10.7 Å². The van der Waals surface area contributed by atoms with Crippen molar-refractivity contribution in [3.63, 3.8) is 0 Å². The van der Waals surface area contributed by atoms with Crippen LogP contribution in [0, 0.1) is 0 Å². The Bertz CT molecular complexity index is 1240. The highest BCUT2D eigenvalue weighted by molar-refractivity contribution is 6.11. The second kappa shape index (κ2) is 9.27. The SMILES string of the molecule is CN=CC(=C(N)C(F)(F)F)c1ccc2c(c1)CCN2c1nn([C@H]2CCOC2)c2c1CN(C(C)=O)CC2. The molecule has 5 rings (SSSR count). The van der Waals surface area contributed by atoms with E-state index in [1.165, 1.54) is 7.05 Å². The standard InChI is InChI=1S/C25H29F3N6O2/c1-15(35)32-8-6-22-20(13-32)24(31-34(22)18-7-10-36-14-18)33-9-5-17-11-16(3-4-21(17)33)19(12-30-2)23(29)25(26,27)28/h3-4,11-12,18H,5-10,13-14,29H2,1-2H3/t18-/m0/s1. The predicted molar refractivity (Wildman–Crippen MR) is 130 cm³/mol. The largest absolute Gasteiger partial charge is 0.431 e. The number of nitrogens with zero attached hydrogens (tertiary/aromatic N) is 5. The van der Waals surface area contributed by atoms with E-state index in [0.717, 1.165) is 47.4 Å². The lowest BCUT2D eigenvalue weighted by atomic mass is 10.0. The van der Waals surface area contributed by atoms with Crippen molar-refractivity contribution in [3.05, 3.63) is 46.3 Å². The molecule has 0 unspecified atom stereocenters. The van der Waals surface area contributed by atoms with Gasteiger partial charge in [0.1, 0.15) is 5.70 Å². The topological polar surface area (TPSA) is 89.0 Å². The van der Waals surface area contributed by atoms with Crippen molar-refractivity contribution >= 4 is 29.2 Å². The Kier molecular flexibility index (Phi) is 6.27. The number of hydrogen-bond donors (Lipinski definition) is 1. The van der Waals surface area contributed by atoms with Gasteiger partial charge < -0.3 is 20.3 Å². The summed E-state index contributed by atoms with van der Waals surface area (Å²) in [7, 11) is 1.41. The number of fused-ring (bicyclic) bond motifs is 2. The number of hydrogen-bond acceptors (Lipinski definition) is 6. The molecule has 0 aliphatic carbocycles. The molecule has 2 aromatic rings. The van der Waals surface area contributed by atoms with E-state index in [1.54, 1.807) is 19.1 Å². The maximum atomic E-state index is 13.3. The number of amides is 1. The summed E-state index contributed by atoms with van der Waals surface area (Å²) in [5.74, 6) is 0.823. The van der Waals surface area contributed by atoms with Gasteiger partial charge in [-0.2, -0.15) is 18.3 Å². The first-order valence-corrected chi connectivity index (χ1v) is 12.0. The van der Waals surface area contributed by atoms with Crippen LogP contribution in [-0.2, 0) is 28.9 Å². The molecule has 0 spiro atoms. The molecular formula is C25H29F3N6O2. The highest BCUT2D eigenvalue weighted by Gasteiger charge is 2.36. The summed E-state index contributed by atoms with van der Waals surface area (Å²) in [5.41, 5.74) is 8.47. The molecule has 1 aromatic carbocycles. The van der Waals surface area contributed by atoms with Crippen LogP contribution in [0.15, 0.2) is 28.9 Å². The third kappa shape index (κ3) is 4.25. The summed E-state index contributed by atoms with van der Waals surface area (Å²) in [6.45, 7) is 4.65. The average Bonchev–Trinajstić information content (AvgIpc) is 3.58. The number of alkyl halides is 3. The molecule has 0 bridgehead atoms. The molecule has 36 heavy (non-hydrogen) atoms. The Morgan fingerprint density at radius 2 is 2.08 bits per heavy atom. The van der Waals surface area contributed by atoms with Crippen molar-refractivity contribution < 1.29 is 22.7 Å². The van der Waals surface area contributed by atoms with Crippen molar-refractivity contribution in [2.75, 3.05) is 38.3 Å². The first-order chi connectivity index (χ1) is 17.2. The normalized spacial score (nSPS) is 20.6. The Morgan fingerprint density at radius 1 is 1.28 bits per heavy atom. The van der Waals surface area contributed by atoms with Gasteiger partial charge in [-0.3, -0.25) is 14.5 Å². The van der Waals surface area contributed by atoms with Gasteiger partial charge in [0.2, 0.25) is 5.91 Å². The molecule has 8 nitrogen and oxygen atoms in total. The molecule has 1 fully saturated rings. The molecule has 2 N–H and O–H groups in total. The van der Waals surface area contributed by atoms with Crippen LogP contribution in [0.5, 0.6) is 0 Å². The lowest BCUT2D eigenvalue weighted by Crippen LogP contribution is -2.35. The van der Waals surface area contributed by atoms with E-state index in [9.17, 15) is 18.0 Å². The number of ether oxygens (including phenoxy) is 1. The van der Waals surface area contributed by atoms with Crippen LogP contribution in [0.25, 0.3) is 5.57 Å². The van der Waals surface area contributed by atoms with Gasteiger partial charge in [-0.15, -0.1) is 0 Å². The maximum Gasteiger partial charge on any atom is 0.431 e. The number of halogens is 3. The number of benzene rings is 1. The number of carbonyl (C=O) groups excluding carboxylic acids is 1. The summed E-state index contributed by atoms with van der Waals surface area (Å²) in [4.78, 5) is 19.9. The summed E-state index contributed by atoms with van der Waals surface area (Å²) in [6, 6.07) is 5.37. The fourth-order valence-corrected chi connectivity index (χ4v) is 5.30. The second-order valence-electron chi connectivity index (χ2n) is 9.36. The minimum absolute atomic E-state index is 0.0224. The highest BCUT2D eigenvalue weighted by Crippen LogP contribution is 2.41. The minimum Gasteiger partial charge on any atom is -0.394 e. The number of anilines is 2. The molecule has 1 saturated heterocycles. The molecule has 3 aliphatic rings. The number of rotatable bonds is 4. The van der Waals surface area contributed by atoms with Crippen LogP contribution in [-0.4, -0.2) is 66.3 Å². The van der Waals surface area contributed by atoms with Crippen LogP contribution in [0.4, 0.5) is 24.7 Å². The number of aromatic nitrogens is 2. The minimum atomic E-state index is -4.65. The van der Waals surface area contributed by atoms with Crippen molar-refractivity contribution in [2.45, 2.75) is 44.9 Å². The Morgan fingerprint density at radius 3 is 2.75 bits per heavy atom. The van der Waals surface area contributed by atoms with Gasteiger partial charge in [-0.05, 0) is 36.1 Å². The fraction of sp³-hybridized carbons (Fsp3) is 0.480. The molecule has 4 heterocycles. The lowest BCUT2D eigenvalue weighted by molar-refractivity contribution is -0.129. The van der Waals surface area contributed by atoms with E-state index in [4.69, 9.17) is 15.6 Å². The van der Waals surface area contributed by atoms with Crippen LogP contribution in [0.1, 0.15) is 41.8 Å². The molecular weight excluding hydrogens is 473 g/mol. The second-order valence-corrected chi connectivity index (χ2v) is 9.36. The Balaban J connectivity index is 1.55. The third-order valence-electron chi connectivity index (χ3n) is 7.16. The van der Waals surface area contributed by atoms with Crippen LogP contribution in [0.3, 0.4) is 0 Å². The maximum absolute atomic E-state index is 13.3. The van der Waals surface area contributed by atoms with Crippen LogP contribution < -0.4 is 10.6 Å². The van der Waals surface area contributed by atoms with Gasteiger partial charge >= 0.3 is 6.18 Å². The molecule has 1 aromatic heterocycles. The molecule has 3 aliphatic heterocycles. The Labute approximate surface area is 207 Å². The van der Waals surface area contributed by atoms with Crippen molar-refractivity contribution in [3.8, 4) is 0 Å². The van der Waals surface area contributed by atoms with E-state index in [2.05, 4.69) is 14.6 Å². The fourth-order valence-electron chi connectivity index (χ4n) is 5.30. The number of aliphatic imine (C=N–C) groups is 1. The number of allylic oxidation sites excluding steroid dienone is 2. The molecule has 0 saturated carbocycles. The molecule has 11 heteroatoms. The van der Waals surface area contributed by atoms with Gasteiger partial charge in [0.25, 0.3) is 0 Å². The first-order valence-electron chi connectivity index (χ1n) is 12.0. The van der Waals surface area contributed by atoms with E-state index in [0.29, 0.717) is 44.8 Å². The molecule has 1 amide bonds. The monoisotopic (exact) mass is 502 g/mol. The van der Waals surface area contributed by atoms with Gasteiger partial charge in [-0.25, -0.2) is 0 Å². The quantitative estimate of drug-likeness (QED) is 0.648. The average molecular weight is 503 g/mol. The molecule has 192 valence electrons. The summed E-state index contributed by atoms with van der Waals surface area (Å²) in [5, 5.41) is 5.02. The first kappa shape index (κ1) is 24.4. The summed E-state index contributed by atoms with van der Waals surface area (Å²) >= 11 is 0. The Hall–Kier alpha value is -3.34. The summed E-state index contributed by atoms with van der Waals surface area (Å²) in [6.07, 6.45) is -1.25. The highest BCUT2D eigenvalue weighted by atomic mass is 19.4. The van der Waals surface area contributed by atoms with Gasteiger partial charge in [0.05, 0.1) is 19.2 Å². The molecule has 1 atom stereocenters. The number of nitrogens with two attached hydrogens (primary N) is 1. The van der Waals surface area contributed by atoms with Gasteiger partial charge in [-0.1, -0.05) is 6.07 Å². The van der Waals surface area contributed by atoms with Crippen LogP contribution >= 0.6 is 0 Å². The van der Waals surface area contributed by atoms with E-state index >= 15 is 0 Å². The van der Waals surface area contributed by atoms with E-state index in [1.807, 2.05) is 11.0 Å². The molecule has 0 radical (unpaired) electrons. The summed E-state index contributed by atoms with van der Waals surface area (Å²) < 4.78 is 47.7. The zero-order valence-corrected chi connectivity index (χ0v) is 20.3. The zero-order valence-electron chi connectivity index (χ0n) is 20.3. The van der Waals surface area contributed by atoms with E-state index < -0.39 is 11.9 Å². The smallest absolute Gasteiger partial charge is 0.394 e. The van der Waals surface area contributed by atoms with Crippen molar-refractivity contribution in [1.29, 1.82) is 0 Å². The third-order valence-corrected chi connectivity index (χ3v) is 7.16. The van der Waals surface area contributed by atoms with E-state index in [-0.39, 0.29) is 17.5 Å². The van der Waals surface area contributed by atoms with Crippen molar-refractivity contribution in [1.82, 2.24) is 14.7 Å². The lowest BCUT2D eigenvalue weighted by Gasteiger charge is -2.28. The zero-order chi connectivity index (χ0) is 25.6. The predicted octanol–water partition coefficient (Wildman–Crippen LogP) is 3.38. The van der Waals surface area contributed by atoms with Crippen LogP contribution in [0.2, 0.25) is 0 Å².